The second-order valence-electron chi connectivity index (χ2n) is 11.4. The first-order valence-electron chi connectivity index (χ1n) is 14.6. The van der Waals surface area contributed by atoms with E-state index in [1.807, 2.05) is 0 Å². The summed E-state index contributed by atoms with van der Waals surface area (Å²) in [6.07, 6.45) is 18.5. The lowest BCUT2D eigenvalue weighted by Gasteiger charge is -2.31. The number of nitrogens with zero attached hydrogens (tertiary/aromatic N) is 4. The van der Waals surface area contributed by atoms with Gasteiger partial charge < -0.3 is 4.57 Å². The van der Waals surface area contributed by atoms with Gasteiger partial charge in [0, 0.05) is 22.3 Å². The monoisotopic (exact) mass is 546 g/mol. The predicted molar refractivity (Wildman–Crippen MR) is 158 cm³/mol. The average Bonchev–Trinajstić information content (AvgIpc) is 3.55. The SMILES string of the molecule is Cc1cc(C=C2SC(=NC3CCCCC3)N(C3CCCCC3)C2=O)c(C)n1-c1sc2c(c1C#N)CCCC2. The molecule has 0 atom stereocenters. The topological polar surface area (TPSA) is 61.4 Å². The smallest absolute Gasteiger partial charge is 0.267 e. The standard InChI is InChI=1S/C31H38N4OS2/c1-20-17-22(21(2)34(20)30-26(19-32)25-15-9-10-16-27(25)37-30)18-28-29(36)35(24-13-7-4-8-14-24)31(38-28)33-23-11-5-3-6-12-23/h17-18,23-24H,3-16H2,1-2H3. The molecule has 3 fully saturated rings. The summed E-state index contributed by atoms with van der Waals surface area (Å²) in [5.41, 5.74) is 5.39. The number of rotatable bonds is 4. The van der Waals surface area contributed by atoms with E-state index in [0.717, 1.165) is 76.1 Å². The Morgan fingerprint density at radius 1 is 1.00 bits per heavy atom. The third kappa shape index (κ3) is 4.79. The number of carbonyl (C=O) groups is 1. The normalized spacial score (nSPS) is 23.4. The van der Waals surface area contributed by atoms with Gasteiger partial charge in [-0.3, -0.25) is 14.7 Å². The number of aromatic nitrogens is 1. The van der Waals surface area contributed by atoms with Crippen LogP contribution < -0.4 is 0 Å². The van der Waals surface area contributed by atoms with E-state index in [-0.39, 0.29) is 11.9 Å². The van der Waals surface area contributed by atoms with Crippen LogP contribution >= 0.6 is 23.1 Å². The Hall–Kier alpha value is -2.30. The zero-order valence-corrected chi connectivity index (χ0v) is 24.4. The number of fused-ring (bicyclic) bond motifs is 1. The van der Waals surface area contributed by atoms with Crippen LogP contribution in [0.15, 0.2) is 16.0 Å². The van der Waals surface area contributed by atoms with Crippen LogP contribution in [0.5, 0.6) is 0 Å². The molecule has 0 aromatic carbocycles. The summed E-state index contributed by atoms with van der Waals surface area (Å²) in [5, 5.41) is 12.0. The van der Waals surface area contributed by atoms with E-state index >= 15 is 0 Å². The van der Waals surface area contributed by atoms with Crippen LogP contribution in [0.3, 0.4) is 0 Å². The molecular weight excluding hydrogens is 509 g/mol. The van der Waals surface area contributed by atoms with Crippen LogP contribution in [-0.4, -0.2) is 32.6 Å². The molecule has 2 aromatic heterocycles. The van der Waals surface area contributed by atoms with E-state index in [1.165, 1.54) is 61.8 Å². The van der Waals surface area contributed by atoms with Crippen molar-refractivity contribution in [1.82, 2.24) is 9.47 Å². The van der Waals surface area contributed by atoms with Gasteiger partial charge in [-0.25, -0.2) is 0 Å². The zero-order valence-electron chi connectivity index (χ0n) is 22.7. The first-order chi connectivity index (χ1) is 18.5. The van der Waals surface area contributed by atoms with Crippen LogP contribution in [-0.2, 0) is 17.6 Å². The lowest BCUT2D eigenvalue weighted by molar-refractivity contribution is -0.124. The second kappa shape index (κ2) is 11.1. The summed E-state index contributed by atoms with van der Waals surface area (Å²) in [7, 11) is 0. The van der Waals surface area contributed by atoms with Gasteiger partial charge in [0.05, 0.1) is 16.5 Å². The van der Waals surface area contributed by atoms with Crippen molar-refractivity contribution in [1.29, 1.82) is 5.26 Å². The van der Waals surface area contributed by atoms with E-state index in [9.17, 15) is 10.1 Å². The molecule has 4 aliphatic rings. The lowest BCUT2D eigenvalue weighted by Crippen LogP contribution is -2.41. The van der Waals surface area contributed by atoms with Crippen LogP contribution in [0.4, 0.5) is 0 Å². The fourth-order valence-electron chi connectivity index (χ4n) is 6.82. The summed E-state index contributed by atoms with van der Waals surface area (Å²) in [5.74, 6) is 0.130. The largest absolute Gasteiger partial charge is 0.308 e. The molecule has 2 saturated carbocycles. The van der Waals surface area contributed by atoms with E-state index in [4.69, 9.17) is 4.99 Å². The molecule has 3 aliphatic carbocycles. The molecule has 0 unspecified atom stereocenters. The number of amidine groups is 1. The van der Waals surface area contributed by atoms with Gasteiger partial charge in [0.15, 0.2) is 5.17 Å². The molecule has 38 heavy (non-hydrogen) atoms. The molecule has 200 valence electrons. The Balaban J connectivity index is 1.36. The maximum atomic E-state index is 13.9. The number of hydrogen-bond acceptors (Lipinski definition) is 5. The number of carbonyl (C=O) groups excluding carboxylic acids is 1. The lowest BCUT2D eigenvalue weighted by atomic mass is 9.94. The Labute approximate surface area is 235 Å². The zero-order chi connectivity index (χ0) is 26.2. The Morgan fingerprint density at radius 2 is 1.71 bits per heavy atom. The Morgan fingerprint density at radius 3 is 2.45 bits per heavy atom. The molecule has 1 saturated heterocycles. The molecule has 0 radical (unpaired) electrons. The highest BCUT2D eigenvalue weighted by molar-refractivity contribution is 8.18. The summed E-state index contributed by atoms with van der Waals surface area (Å²) >= 11 is 3.37. The molecule has 6 rings (SSSR count). The average molecular weight is 547 g/mol. The fourth-order valence-corrected chi connectivity index (χ4v) is 9.37. The number of aliphatic imine (C=N–C) groups is 1. The van der Waals surface area contributed by atoms with Gasteiger partial charge in [0.25, 0.3) is 5.91 Å². The maximum Gasteiger partial charge on any atom is 0.267 e. The second-order valence-corrected chi connectivity index (χ2v) is 13.5. The minimum Gasteiger partial charge on any atom is -0.308 e. The summed E-state index contributed by atoms with van der Waals surface area (Å²) in [4.78, 5) is 23.3. The fraction of sp³-hybridized carbons (Fsp3) is 0.581. The highest BCUT2D eigenvalue weighted by Gasteiger charge is 2.39. The van der Waals surface area contributed by atoms with Crippen molar-refractivity contribution in [2.45, 2.75) is 116 Å². The molecule has 1 aliphatic heterocycles. The van der Waals surface area contributed by atoms with Gasteiger partial charge >= 0.3 is 0 Å². The van der Waals surface area contributed by atoms with Gasteiger partial charge in [0.1, 0.15) is 11.1 Å². The predicted octanol–water partition coefficient (Wildman–Crippen LogP) is 7.84. The number of amides is 1. The van der Waals surface area contributed by atoms with Crippen LogP contribution in [0.2, 0.25) is 0 Å². The van der Waals surface area contributed by atoms with Gasteiger partial charge in [-0.1, -0.05) is 38.5 Å². The number of nitriles is 1. The maximum absolute atomic E-state index is 13.9. The van der Waals surface area contributed by atoms with Gasteiger partial charge in [-0.2, -0.15) is 5.26 Å². The first-order valence-corrected chi connectivity index (χ1v) is 16.2. The molecule has 0 spiro atoms. The van der Waals surface area contributed by atoms with E-state index in [2.05, 4.69) is 41.5 Å². The highest BCUT2D eigenvalue weighted by atomic mass is 32.2. The van der Waals surface area contributed by atoms with Crippen LogP contribution in [0, 0.1) is 25.2 Å². The molecule has 1 amide bonds. The number of hydrogen-bond donors (Lipinski definition) is 0. The van der Waals surface area contributed by atoms with Crippen molar-refractivity contribution in [2.75, 3.05) is 0 Å². The summed E-state index contributed by atoms with van der Waals surface area (Å²) < 4.78 is 2.24. The van der Waals surface area contributed by atoms with Crippen molar-refractivity contribution in [2.24, 2.45) is 4.99 Å². The number of thioether (sulfide) groups is 1. The molecule has 7 heteroatoms. The summed E-state index contributed by atoms with van der Waals surface area (Å²) in [6, 6.07) is 5.33. The van der Waals surface area contributed by atoms with E-state index < -0.39 is 0 Å². The van der Waals surface area contributed by atoms with E-state index in [0.29, 0.717) is 6.04 Å². The van der Waals surface area contributed by atoms with Gasteiger partial charge in [-0.15, -0.1) is 11.3 Å². The number of aryl methyl sites for hydroxylation is 2. The van der Waals surface area contributed by atoms with Gasteiger partial charge in [0.2, 0.25) is 0 Å². The van der Waals surface area contributed by atoms with E-state index in [1.54, 1.807) is 23.1 Å². The molecule has 2 aromatic rings. The molecular formula is C31H38N4OS2. The van der Waals surface area contributed by atoms with Crippen molar-refractivity contribution in [3.8, 4) is 11.1 Å². The Kier molecular flexibility index (Phi) is 7.55. The Bertz CT molecular complexity index is 1330. The third-order valence-corrected chi connectivity index (χ3v) is 11.1. The summed E-state index contributed by atoms with van der Waals surface area (Å²) in [6.45, 7) is 4.24. The first kappa shape index (κ1) is 26.0. The van der Waals surface area contributed by atoms with Crippen LogP contribution in [0.25, 0.3) is 11.1 Å². The van der Waals surface area contributed by atoms with Crippen molar-refractivity contribution in [3.63, 3.8) is 0 Å². The van der Waals surface area contributed by atoms with Crippen molar-refractivity contribution < 1.29 is 4.79 Å². The third-order valence-electron chi connectivity index (χ3n) is 8.87. The van der Waals surface area contributed by atoms with Crippen molar-refractivity contribution >= 4 is 40.2 Å². The molecule has 0 N–H and O–H groups in total. The molecule has 3 heterocycles. The van der Waals surface area contributed by atoms with Crippen LogP contribution in [0.1, 0.15) is 110 Å². The number of thiophene rings is 1. The minimum absolute atomic E-state index is 0.130. The van der Waals surface area contributed by atoms with Gasteiger partial charge in [-0.05, 0) is 100 Å². The minimum atomic E-state index is 0.130. The molecule has 5 nitrogen and oxygen atoms in total. The highest BCUT2D eigenvalue weighted by Crippen LogP contribution is 2.41. The quantitative estimate of drug-likeness (QED) is 0.367. The van der Waals surface area contributed by atoms with Crippen molar-refractivity contribution in [3.05, 3.63) is 43.9 Å². The molecule has 0 bridgehead atoms.